The number of fused-ring (bicyclic) bond motifs is 4. The van der Waals surface area contributed by atoms with Gasteiger partial charge in [-0.2, -0.15) is 46.6 Å². The quantitative estimate of drug-likeness (QED) is 0.117. The lowest BCUT2D eigenvalue weighted by Gasteiger charge is -2.26. The van der Waals surface area contributed by atoms with E-state index in [1.807, 2.05) is 128 Å². The van der Waals surface area contributed by atoms with Gasteiger partial charge in [-0.1, -0.05) is 48.5 Å². The van der Waals surface area contributed by atoms with E-state index in [1.165, 1.54) is 20.5 Å². The summed E-state index contributed by atoms with van der Waals surface area (Å²) in [4.78, 5) is 24.9. The van der Waals surface area contributed by atoms with Crippen molar-refractivity contribution in [2.24, 2.45) is 5.73 Å². The third-order valence-corrected chi connectivity index (χ3v) is 11.4. The number of nitrogens with zero attached hydrogens (tertiary/aromatic N) is 4. The van der Waals surface area contributed by atoms with E-state index in [-0.39, 0.29) is 51.9 Å². The van der Waals surface area contributed by atoms with Crippen LogP contribution in [0.3, 0.4) is 0 Å². The molecule has 0 bridgehead atoms. The molecule has 2 aromatic heterocycles. The number of carbonyl (C=O) groups is 2. The average Bonchev–Trinajstić information content (AvgIpc) is 3.99. The van der Waals surface area contributed by atoms with Gasteiger partial charge in [-0.3, -0.25) is 0 Å². The number of aliphatic hydroxyl groups excluding tert-OH is 1. The number of aryl methyl sites for hydroxylation is 4. The molecule has 4 atom stereocenters. The summed E-state index contributed by atoms with van der Waals surface area (Å²) >= 11 is 0. The lowest BCUT2D eigenvalue weighted by atomic mass is 9.98. The number of para-hydroxylation sites is 2. The smallest absolute Gasteiger partial charge is 0.435 e. The fraction of sp³-hybridized carbons (Fsp3) is 0.472. The van der Waals surface area contributed by atoms with E-state index in [0.29, 0.717) is 47.8 Å². The van der Waals surface area contributed by atoms with Crippen LogP contribution in [-0.4, -0.2) is 98.8 Å². The molecule has 0 radical (unpaired) electrons. The van der Waals surface area contributed by atoms with Crippen molar-refractivity contribution in [2.45, 2.75) is 136 Å². The summed E-state index contributed by atoms with van der Waals surface area (Å²) in [6, 6.07) is 27.4. The minimum absolute atomic E-state index is 0. The molecule has 3 aliphatic heterocycles. The Morgan fingerprint density at radius 1 is 0.700 bits per heavy atom. The molecule has 17 heteroatoms. The number of epoxide rings is 1. The summed E-state index contributed by atoms with van der Waals surface area (Å²) in [5.74, 6) is 3.30. The molecule has 0 saturated carbocycles. The molecule has 0 amide bonds. The van der Waals surface area contributed by atoms with E-state index in [1.54, 1.807) is 0 Å². The summed E-state index contributed by atoms with van der Waals surface area (Å²) in [7, 11) is 0. The Hall–Kier alpha value is -5.46. The fourth-order valence-electron chi connectivity index (χ4n) is 8.08. The number of ether oxygens (including phenoxy) is 7. The van der Waals surface area contributed by atoms with E-state index in [9.17, 15) is 14.7 Å². The van der Waals surface area contributed by atoms with E-state index >= 15 is 0 Å². The molecule has 1 fully saturated rings. The third kappa shape index (κ3) is 15.0. The molecule has 4 aromatic carbocycles. The predicted octanol–water partition coefficient (Wildman–Crippen LogP) is 9.90. The van der Waals surface area contributed by atoms with Gasteiger partial charge in [0.15, 0.2) is 0 Å². The molecular formula is C53H71N5O10S2. The zero-order chi connectivity index (χ0) is 48.6. The van der Waals surface area contributed by atoms with Crippen molar-refractivity contribution in [1.82, 2.24) is 19.6 Å². The molecule has 9 rings (SSSR count). The van der Waals surface area contributed by atoms with Crippen molar-refractivity contribution < 1.29 is 47.9 Å². The second-order valence-electron chi connectivity index (χ2n) is 19.4. The molecule has 15 nitrogen and oxygen atoms in total. The van der Waals surface area contributed by atoms with Gasteiger partial charge in [0.05, 0.1) is 52.0 Å². The van der Waals surface area contributed by atoms with Crippen LogP contribution in [0.5, 0.6) is 23.0 Å². The first-order chi connectivity index (χ1) is 32.5. The Bertz CT molecular complexity index is 2670. The van der Waals surface area contributed by atoms with Crippen molar-refractivity contribution in [3.63, 3.8) is 0 Å². The van der Waals surface area contributed by atoms with E-state index in [4.69, 9.17) is 38.9 Å². The van der Waals surface area contributed by atoms with Gasteiger partial charge < -0.3 is 44.0 Å². The van der Waals surface area contributed by atoms with Gasteiger partial charge in [0.1, 0.15) is 59.6 Å². The molecule has 3 N–H and O–H groups in total. The average molecular weight is 1000 g/mol. The number of carbonyl (C=O) groups excluding carboxylic acids is 2. The second-order valence-corrected chi connectivity index (χ2v) is 19.4. The highest BCUT2D eigenvalue weighted by Crippen LogP contribution is 2.33. The highest BCUT2D eigenvalue weighted by atomic mass is 32.1. The molecule has 6 aromatic rings. The van der Waals surface area contributed by atoms with Crippen molar-refractivity contribution >= 4 is 61.0 Å². The molecule has 0 spiro atoms. The van der Waals surface area contributed by atoms with Gasteiger partial charge >= 0.3 is 12.2 Å². The largest absolute Gasteiger partial charge is 0.490 e. The first-order valence-corrected chi connectivity index (χ1v) is 23.6. The fourth-order valence-corrected chi connectivity index (χ4v) is 8.08. The van der Waals surface area contributed by atoms with Crippen molar-refractivity contribution in [3.8, 4) is 23.0 Å². The zero-order valence-electron chi connectivity index (χ0n) is 41.7. The van der Waals surface area contributed by atoms with Crippen LogP contribution in [0.1, 0.15) is 96.2 Å². The lowest BCUT2D eigenvalue weighted by Crippen LogP contribution is -2.30. The van der Waals surface area contributed by atoms with Crippen LogP contribution in [-0.2, 0) is 27.1 Å². The number of benzene rings is 4. The molecule has 1 saturated heterocycles. The molecule has 0 aliphatic carbocycles. The normalized spacial score (nSPS) is 17.2. The number of nitrogens with two attached hydrogens (primary N) is 1. The van der Waals surface area contributed by atoms with Gasteiger partial charge in [0.2, 0.25) is 0 Å². The van der Waals surface area contributed by atoms with Crippen LogP contribution in [0, 0.1) is 13.8 Å². The van der Waals surface area contributed by atoms with Gasteiger partial charge in [-0.25, -0.2) is 9.59 Å². The third-order valence-electron chi connectivity index (χ3n) is 11.4. The zero-order valence-corrected chi connectivity index (χ0v) is 43.7. The highest BCUT2D eigenvalue weighted by molar-refractivity contribution is 7.59. The Kier molecular flexibility index (Phi) is 19.5. The molecular weight excluding hydrogens is 931 g/mol. The van der Waals surface area contributed by atoms with E-state index in [2.05, 4.69) is 22.3 Å². The number of hydrogen-bond donors (Lipinski definition) is 2. The maximum Gasteiger partial charge on any atom is 0.435 e. The Balaban J connectivity index is 0.000000216. The summed E-state index contributed by atoms with van der Waals surface area (Å²) in [6.45, 7) is 16.7. The topological polar surface area (TPSA) is 184 Å². The molecule has 3 aliphatic rings. The number of aromatic nitrogens is 4. The van der Waals surface area contributed by atoms with Crippen LogP contribution in [0.15, 0.2) is 84.9 Å². The van der Waals surface area contributed by atoms with Crippen LogP contribution in [0.4, 0.5) is 9.59 Å². The number of hydrogen-bond acceptors (Lipinski definition) is 13. The summed E-state index contributed by atoms with van der Waals surface area (Å²) in [5.41, 5.74) is 9.62. The molecule has 380 valence electrons. The lowest BCUT2D eigenvalue weighted by molar-refractivity contribution is 0.0511. The first-order valence-electron chi connectivity index (χ1n) is 23.6. The standard InChI is InChI=1S/C27H34N2O5.C16H20N2O4.C10H13NO.2H2S/c1-18-25-22(29(28-18)26(31)34-27(2,3)4)12-8-14-24(25)32-17-20(30)10-7-11-21-16-15-19-9-5-6-13-23(19)33-21;1-10-14-12(18(17-10)15(19)22-16(2,3)4)6-5-7-13(14)21-9-11-8-20-11;11-7-9-6-5-8-3-1-2-4-10(8)12-9;;/h5-6,8-9,12-14,20-21,30H,7,10-11,15-17H2,1-4H3;5-7,11H,8-9H2,1-4H3;1-4,9H,5-7,11H2;2*1H2/t20-,21?;11-;;;/m00.../s1. The monoisotopic (exact) mass is 1000 g/mol. The molecule has 2 unspecified atom stereocenters. The molecule has 70 heavy (non-hydrogen) atoms. The Labute approximate surface area is 425 Å². The Morgan fingerprint density at radius 3 is 1.66 bits per heavy atom. The van der Waals surface area contributed by atoms with Crippen LogP contribution in [0.25, 0.3) is 21.8 Å². The van der Waals surface area contributed by atoms with Gasteiger partial charge in [0.25, 0.3) is 0 Å². The van der Waals surface area contributed by atoms with Crippen LogP contribution >= 0.6 is 27.0 Å². The first kappa shape index (κ1) is 55.5. The maximum atomic E-state index is 12.6. The number of aliphatic hydroxyl groups is 1. The van der Waals surface area contributed by atoms with Gasteiger partial charge in [-0.15, -0.1) is 0 Å². The number of rotatable bonds is 11. The summed E-state index contributed by atoms with van der Waals surface area (Å²) in [6.07, 6.45) is 5.56. The van der Waals surface area contributed by atoms with Crippen molar-refractivity contribution in [1.29, 1.82) is 0 Å². The minimum Gasteiger partial charge on any atom is -0.490 e. The maximum absolute atomic E-state index is 12.6. The molecule has 5 heterocycles. The second kappa shape index (κ2) is 24.6. The van der Waals surface area contributed by atoms with E-state index < -0.39 is 29.5 Å². The highest BCUT2D eigenvalue weighted by Gasteiger charge is 2.27. The summed E-state index contributed by atoms with van der Waals surface area (Å²) < 4.78 is 42.1. The Morgan fingerprint density at radius 2 is 1.17 bits per heavy atom. The predicted molar refractivity (Wildman–Crippen MR) is 281 cm³/mol. The van der Waals surface area contributed by atoms with Gasteiger partial charge in [0, 0.05) is 6.54 Å². The SMILES string of the molecule is Cc1nn(C(=O)OC(C)(C)C)c2cccc(OC[C@@H](O)CCCC3CCc4ccccc4O3)c12.Cc1nn(C(=O)OC(C)(C)C)c2cccc(OC[C@@H]3CO3)c12.NCC1CCc2ccccc2O1.S.S. The van der Waals surface area contributed by atoms with Crippen LogP contribution < -0.4 is 24.7 Å². The minimum atomic E-state index is -0.618. The van der Waals surface area contributed by atoms with Crippen LogP contribution in [0.2, 0.25) is 0 Å². The van der Waals surface area contributed by atoms with Gasteiger partial charge in [-0.05, 0) is 148 Å². The van der Waals surface area contributed by atoms with Crippen molar-refractivity contribution in [2.75, 3.05) is 26.4 Å². The van der Waals surface area contributed by atoms with Crippen molar-refractivity contribution in [3.05, 3.63) is 107 Å². The summed E-state index contributed by atoms with van der Waals surface area (Å²) in [5, 5.41) is 20.7. The van der Waals surface area contributed by atoms with E-state index in [0.717, 1.165) is 73.1 Å².